The van der Waals surface area contributed by atoms with Crippen LogP contribution in [0.4, 0.5) is 0 Å². The van der Waals surface area contributed by atoms with Crippen LogP contribution in [-0.4, -0.2) is 92.8 Å². The van der Waals surface area contributed by atoms with E-state index in [1.807, 2.05) is 0 Å². The minimum atomic E-state index is -0.962. The van der Waals surface area contributed by atoms with Crippen molar-refractivity contribution in [3.8, 4) is 0 Å². The smallest absolute Gasteiger partial charge is 0.243 e. The number of carbonyl (C=O) groups is 6. The van der Waals surface area contributed by atoms with Gasteiger partial charge >= 0.3 is 0 Å². The first-order valence-corrected chi connectivity index (χ1v) is 13.5. The lowest BCUT2D eigenvalue weighted by Gasteiger charge is -2.22. The molecule has 0 unspecified atom stereocenters. The molecule has 1 fully saturated rings. The Kier molecular flexibility index (Phi) is 17.1. The van der Waals surface area contributed by atoms with Gasteiger partial charge in [-0.25, -0.2) is 0 Å². The highest BCUT2D eigenvalue weighted by Crippen LogP contribution is 2.04. The first-order chi connectivity index (χ1) is 18.7. The molecule has 39 heavy (non-hydrogen) atoms. The van der Waals surface area contributed by atoms with Crippen molar-refractivity contribution in [3.63, 3.8) is 0 Å². The molecule has 15 nitrogen and oxygen atoms in total. The molecule has 0 aromatic rings. The molecule has 0 spiro atoms. The lowest BCUT2D eigenvalue weighted by Crippen LogP contribution is -2.56. The third-order valence-electron chi connectivity index (χ3n) is 6.07. The highest BCUT2D eigenvalue weighted by Gasteiger charge is 2.26. The van der Waals surface area contributed by atoms with Gasteiger partial charge in [0.15, 0.2) is 0 Å². The normalized spacial score (nSPS) is 22.4. The molecule has 1 rings (SSSR count). The third kappa shape index (κ3) is 14.4. The van der Waals surface area contributed by atoms with Gasteiger partial charge in [0, 0.05) is 0 Å². The fraction of sp³-hybridized carbons (Fsp3) is 0.750. The summed E-state index contributed by atoms with van der Waals surface area (Å²) in [5.41, 5.74) is 16.6. The van der Waals surface area contributed by atoms with Crippen LogP contribution in [0.15, 0.2) is 0 Å². The van der Waals surface area contributed by atoms with E-state index in [4.69, 9.17) is 17.2 Å². The standard InChI is InChI=1S/C24H45N9O6/c25-10-4-1-7-16-22(37)28-14-20(35)32-18(9-3-6-12-27)24(39)30-15-21(36)33-17(8-2-5-11-26)23(38)29-13-19(34)31-16/h16-18H,1-15,25-27H2,(H,28,37)(H,29,38)(H,30,39)(H,31,34)(H,32,35)(H,33,36)/t16-,17-,18-/m0/s1. The summed E-state index contributed by atoms with van der Waals surface area (Å²) in [4.78, 5) is 75.9. The van der Waals surface area contributed by atoms with Crippen molar-refractivity contribution in [1.82, 2.24) is 31.9 Å². The number of carbonyl (C=O) groups excluding carboxylic acids is 6. The molecular formula is C24H45N9O6. The number of hydrogen-bond acceptors (Lipinski definition) is 9. The molecule has 3 atom stereocenters. The highest BCUT2D eigenvalue weighted by molar-refractivity contribution is 5.95. The second-order valence-electron chi connectivity index (χ2n) is 9.37. The van der Waals surface area contributed by atoms with Gasteiger partial charge in [-0.05, 0) is 77.4 Å². The predicted molar refractivity (Wildman–Crippen MR) is 144 cm³/mol. The van der Waals surface area contributed by atoms with Gasteiger partial charge in [-0.15, -0.1) is 0 Å². The molecule has 1 aliphatic heterocycles. The van der Waals surface area contributed by atoms with Crippen molar-refractivity contribution < 1.29 is 28.8 Å². The van der Waals surface area contributed by atoms with Crippen LogP contribution >= 0.6 is 0 Å². The molecule has 0 aromatic heterocycles. The number of amides is 6. The van der Waals surface area contributed by atoms with E-state index in [2.05, 4.69) is 31.9 Å². The van der Waals surface area contributed by atoms with Crippen molar-refractivity contribution >= 4 is 35.4 Å². The summed E-state index contributed by atoms with van der Waals surface area (Å²) in [6, 6.07) is -2.89. The SMILES string of the molecule is NCCCC[C@@H]1NC(=O)CNC(=O)[C@H](CCCCN)NC(=O)CNC(=O)[C@H](CCCCN)NC(=O)CNC1=O. The maximum absolute atomic E-state index is 12.8. The van der Waals surface area contributed by atoms with E-state index in [1.165, 1.54) is 0 Å². The second-order valence-corrected chi connectivity index (χ2v) is 9.37. The number of hydrogen-bond donors (Lipinski definition) is 9. The van der Waals surface area contributed by atoms with Gasteiger partial charge in [-0.3, -0.25) is 28.8 Å². The summed E-state index contributed by atoms with van der Waals surface area (Å²) in [7, 11) is 0. The number of nitrogens with two attached hydrogens (primary N) is 3. The second kappa shape index (κ2) is 19.7. The van der Waals surface area contributed by atoms with E-state index in [1.54, 1.807) is 0 Å². The molecule has 0 saturated carbocycles. The van der Waals surface area contributed by atoms with E-state index in [-0.39, 0.29) is 19.3 Å². The first kappa shape index (κ1) is 33.7. The Morgan fingerprint density at radius 1 is 0.462 bits per heavy atom. The zero-order valence-corrected chi connectivity index (χ0v) is 22.5. The first-order valence-electron chi connectivity index (χ1n) is 13.5. The summed E-state index contributed by atoms with van der Waals surface area (Å²) in [6.07, 6.45) is 4.33. The Labute approximate surface area is 228 Å². The van der Waals surface area contributed by atoms with E-state index in [0.717, 1.165) is 0 Å². The molecule has 1 heterocycles. The van der Waals surface area contributed by atoms with Crippen LogP contribution in [0.2, 0.25) is 0 Å². The Morgan fingerprint density at radius 2 is 0.718 bits per heavy atom. The number of unbranched alkanes of at least 4 members (excludes halogenated alkanes) is 3. The minimum absolute atomic E-state index is 0.270. The highest BCUT2D eigenvalue weighted by atomic mass is 16.2. The zero-order chi connectivity index (χ0) is 29.0. The summed E-state index contributed by atoms with van der Waals surface area (Å²) in [6.45, 7) is -0.0533. The van der Waals surface area contributed by atoms with Crippen LogP contribution in [-0.2, 0) is 28.8 Å². The van der Waals surface area contributed by atoms with E-state index >= 15 is 0 Å². The van der Waals surface area contributed by atoms with Gasteiger partial charge in [-0.2, -0.15) is 0 Å². The Morgan fingerprint density at radius 3 is 0.949 bits per heavy atom. The maximum atomic E-state index is 12.8. The van der Waals surface area contributed by atoms with Gasteiger partial charge < -0.3 is 49.1 Å². The van der Waals surface area contributed by atoms with Crippen LogP contribution in [0, 0.1) is 0 Å². The fourth-order valence-corrected chi connectivity index (χ4v) is 3.89. The van der Waals surface area contributed by atoms with E-state index in [9.17, 15) is 28.8 Å². The van der Waals surface area contributed by atoms with Gasteiger partial charge in [0.25, 0.3) is 0 Å². The summed E-state index contributed by atoms with van der Waals surface area (Å²) in [5.74, 6) is -3.58. The van der Waals surface area contributed by atoms with Gasteiger partial charge in [-0.1, -0.05) is 0 Å². The minimum Gasteiger partial charge on any atom is -0.345 e. The molecule has 0 radical (unpaired) electrons. The van der Waals surface area contributed by atoms with Crippen molar-refractivity contribution in [3.05, 3.63) is 0 Å². The molecule has 1 saturated heterocycles. The van der Waals surface area contributed by atoms with Crippen molar-refractivity contribution in [1.29, 1.82) is 0 Å². The average molecular weight is 556 g/mol. The molecule has 12 N–H and O–H groups in total. The summed E-state index contributed by atoms with van der Waals surface area (Å²) in [5, 5.41) is 15.2. The van der Waals surface area contributed by atoms with Crippen LogP contribution in [0.25, 0.3) is 0 Å². The van der Waals surface area contributed by atoms with Crippen LogP contribution < -0.4 is 49.1 Å². The van der Waals surface area contributed by atoms with E-state index in [0.29, 0.717) is 58.2 Å². The molecule has 1 aliphatic rings. The number of rotatable bonds is 12. The predicted octanol–water partition coefficient (Wildman–Crippen LogP) is -3.81. The number of nitrogens with one attached hydrogen (secondary N) is 6. The molecule has 0 bridgehead atoms. The Hall–Kier alpha value is -3.30. The topological polar surface area (TPSA) is 253 Å². The average Bonchev–Trinajstić information content (AvgIpc) is 2.91. The fourth-order valence-electron chi connectivity index (χ4n) is 3.89. The van der Waals surface area contributed by atoms with Gasteiger partial charge in [0.2, 0.25) is 35.4 Å². The third-order valence-corrected chi connectivity index (χ3v) is 6.07. The molecule has 6 amide bonds. The van der Waals surface area contributed by atoms with Crippen LogP contribution in [0.3, 0.4) is 0 Å². The van der Waals surface area contributed by atoms with Crippen molar-refractivity contribution in [2.75, 3.05) is 39.3 Å². The van der Waals surface area contributed by atoms with Gasteiger partial charge in [0.05, 0.1) is 19.6 Å². The van der Waals surface area contributed by atoms with Crippen molar-refractivity contribution in [2.45, 2.75) is 75.9 Å². The van der Waals surface area contributed by atoms with E-state index < -0.39 is 73.2 Å². The Balaban J connectivity index is 3.09. The lowest BCUT2D eigenvalue weighted by atomic mass is 10.1. The summed E-state index contributed by atoms with van der Waals surface area (Å²) >= 11 is 0. The van der Waals surface area contributed by atoms with Crippen molar-refractivity contribution in [2.24, 2.45) is 17.2 Å². The van der Waals surface area contributed by atoms with Gasteiger partial charge in [0.1, 0.15) is 18.1 Å². The van der Waals surface area contributed by atoms with Crippen LogP contribution in [0.5, 0.6) is 0 Å². The molecule has 0 aliphatic carbocycles. The van der Waals surface area contributed by atoms with Crippen LogP contribution in [0.1, 0.15) is 57.8 Å². The molecular weight excluding hydrogens is 510 g/mol. The zero-order valence-electron chi connectivity index (χ0n) is 22.5. The molecule has 0 aromatic carbocycles. The Bertz CT molecular complexity index is 721. The quantitative estimate of drug-likeness (QED) is 0.107. The molecule has 15 heteroatoms. The lowest BCUT2D eigenvalue weighted by molar-refractivity contribution is -0.133. The monoisotopic (exact) mass is 555 g/mol. The summed E-state index contributed by atoms with van der Waals surface area (Å²) < 4.78 is 0. The largest absolute Gasteiger partial charge is 0.345 e. The maximum Gasteiger partial charge on any atom is 0.243 e. The molecule has 222 valence electrons.